The van der Waals surface area contributed by atoms with E-state index in [0.29, 0.717) is 13.0 Å². The van der Waals surface area contributed by atoms with Crippen LogP contribution in [0.4, 0.5) is 4.39 Å². The van der Waals surface area contributed by atoms with Crippen molar-refractivity contribution in [3.63, 3.8) is 0 Å². The van der Waals surface area contributed by atoms with Crippen molar-refractivity contribution in [2.24, 2.45) is 5.73 Å². The highest BCUT2D eigenvalue weighted by Gasteiger charge is 2.07. The number of hydrogen-bond acceptors (Lipinski definition) is 3. The van der Waals surface area contributed by atoms with Crippen LogP contribution in [-0.2, 0) is 13.0 Å². The zero-order valence-electron chi connectivity index (χ0n) is 10.5. The zero-order chi connectivity index (χ0) is 13.8. The Bertz CT molecular complexity index is 556. The molecule has 2 N–H and O–H groups in total. The van der Waals surface area contributed by atoms with Gasteiger partial charge in [-0.2, -0.15) is 0 Å². The molecule has 0 aliphatic rings. The van der Waals surface area contributed by atoms with Gasteiger partial charge in [-0.05, 0) is 59.1 Å². The molecule has 0 amide bonds. The van der Waals surface area contributed by atoms with Crippen molar-refractivity contribution in [2.45, 2.75) is 26.0 Å². The van der Waals surface area contributed by atoms with E-state index in [9.17, 15) is 4.39 Å². The Morgan fingerprint density at radius 1 is 1.37 bits per heavy atom. The van der Waals surface area contributed by atoms with Crippen molar-refractivity contribution < 1.29 is 9.13 Å². The Morgan fingerprint density at radius 2 is 2.16 bits per heavy atom. The summed E-state index contributed by atoms with van der Waals surface area (Å²) in [7, 11) is 0. The summed E-state index contributed by atoms with van der Waals surface area (Å²) < 4.78 is 20.4. The van der Waals surface area contributed by atoms with Crippen molar-refractivity contribution in [1.29, 1.82) is 0 Å². The molecule has 0 spiro atoms. The molecule has 0 bridgehead atoms. The smallest absolute Gasteiger partial charge is 0.165 e. The average Bonchev–Trinajstić information content (AvgIpc) is 2.73. The van der Waals surface area contributed by atoms with Gasteiger partial charge in [0.2, 0.25) is 0 Å². The summed E-state index contributed by atoms with van der Waals surface area (Å²) in [5.41, 5.74) is 6.58. The van der Waals surface area contributed by atoms with Crippen molar-refractivity contribution in [2.75, 3.05) is 0 Å². The van der Waals surface area contributed by atoms with Gasteiger partial charge < -0.3 is 10.5 Å². The molecular weight excluding hydrogens is 329 g/mol. The van der Waals surface area contributed by atoms with Crippen LogP contribution in [-0.4, -0.2) is 6.04 Å². The highest BCUT2D eigenvalue weighted by atomic mass is 79.9. The largest absolute Gasteiger partial charge is 0.485 e. The van der Waals surface area contributed by atoms with E-state index < -0.39 is 0 Å². The van der Waals surface area contributed by atoms with Gasteiger partial charge in [-0.3, -0.25) is 0 Å². The first-order valence-corrected chi connectivity index (χ1v) is 7.56. The van der Waals surface area contributed by atoms with E-state index in [1.807, 2.05) is 25.1 Å². The number of hydrogen-bond donors (Lipinski definition) is 1. The lowest BCUT2D eigenvalue weighted by Gasteiger charge is -2.09. The van der Waals surface area contributed by atoms with Gasteiger partial charge in [0, 0.05) is 10.9 Å². The van der Waals surface area contributed by atoms with Crippen LogP contribution in [0.2, 0.25) is 0 Å². The topological polar surface area (TPSA) is 35.2 Å². The van der Waals surface area contributed by atoms with Crippen LogP contribution in [0, 0.1) is 5.82 Å². The predicted molar refractivity (Wildman–Crippen MR) is 80.1 cm³/mol. The summed E-state index contributed by atoms with van der Waals surface area (Å²) in [6.07, 6.45) is 0.662. The Morgan fingerprint density at radius 3 is 2.74 bits per heavy atom. The molecule has 0 fully saturated rings. The second kappa shape index (κ2) is 6.50. The standard InChI is InChI=1S/C14H15BrFNOS/c1-9(17)6-10-2-4-13(12(16)7-10)18-8-11-3-5-14(15)19-11/h2-5,7,9H,6,8,17H2,1H3. The normalized spacial score (nSPS) is 12.4. The molecule has 1 aromatic heterocycles. The van der Waals surface area contributed by atoms with Gasteiger partial charge in [0.25, 0.3) is 0 Å². The molecule has 2 rings (SSSR count). The minimum atomic E-state index is -0.339. The molecular formula is C14H15BrFNOS. The van der Waals surface area contributed by atoms with Crippen molar-refractivity contribution in [1.82, 2.24) is 0 Å². The number of rotatable bonds is 5. The quantitative estimate of drug-likeness (QED) is 0.886. The first-order valence-electron chi connectivity index (χ1n) is 5.95. The Hall–Kier alpha value is -0.910. The highest BCUT2D eigenvalue weighted by molar-refractivity contribution is 9.11. The van der Waals surface area contributed by atoms with Gasteiger partial charge in [-0.15, -0.1) is 11.3 Å². The van der Waals surface area contributed by atoms with Crippen molar-refractivity contribution in [3.05, 3.63) is 50.4 Å². The first kappa shape index (κ1) is 14.5. The van der Waals surface area contributed by atoms with Gasteiger partial charge in [0.05, 0.1) is 3.79 Å². The van der Waals surface area contributed by atoms with Crippen LogP contribution in [0.25, 0.3) is 0 Å². The van der Waals surface area contributed by atoms with E-state index in [1.165, 1.54) is 6.07 Å². The summed E-state index contributed by atoms with van der Waals surface area (Å²) in [6.45, 7) is 2.27. The van der Waals surface area contributed by atoms with Gasteiger partial charge in [-0.25, -0.2) is 4.39 Å². The van der Waals surface area contributed by atoms with Gasteiger partial charge in [0.1, 0.15) is 6.61 Å². The van der Waals surface area contributed by atoms with Crippen LogP contribution in [0.1, 0.15) is 17.4 Å². The molecule has 0 saturated carbocycles. The molecule has 1 aromatic carbocycles. The first-order chi connectivity index (χ1) is 9.04. The minimum absolute atomic E-state index is 0.0228. The van der Waals surface area contributed by atoms with Gasteiger partial charge >= 0.3 is 0 Å². The molecule has 2 nitrogen and oxygen atoms in total. The van der Waals surface area contributed by atoms with Crippen LogP contribution in [0.5, 0.6) is 5.75 Å². The highest BCUT2D eigenvalue weighted by Crippen LogP contribution is 2.25. The fraction of sp³-hybridized carbons (Fsp3) is 0.286. The molecule has 0 aliphatic carbocycles. The van der Waals surface area contributed by atoms with E-state index in [-0.39, 0.29) is 17.6 Å². The summed E-state index contributed by atoms with van der Waals surface area (Å²) in [6, 6.07) is 8.93. The third kappa shape index (κ3) is 4.30. The molecule has 102 valence electrons. The minimum Gasteiger partial charge on any atom is -0.485 e. The maximum atomic E-state index is 13.8. The van der Waals surface area contributed by atoms with Crippen molar-refractivity contribution >= 4 is 27.3 Å². The number of ether oxygens (including phenoxy) is 1. The third-order valence-corrected chi connectivity index (χ3v) is 4.15. The van der Waals surface area contributed by atoms with Gasteiger partial charge in [0.15, 0.2) is 11.6 Å². The summed E-state index contributed by atoms with van der Waals surface area (Å²) in [5.74, 6) is -0.0632. The maximum absolute atomic E-state index is 13.8. The number of thiophene rings is 1. The summed E-state index contributed by atoms with van der Waals surface area (Å²) in [5, 5.41) is 0. The number of benzene rings is 1. The van der Waals surface area contributed by atoms with Gasteiger partial charge in [-0.1, -0.05) is 6.07 Å². The molecule has 5 heteroatoms. The lowest BCUT2D eigenvalue weighted by molar-refractivity contribution is 0.293. The lowest BCUT2D eigenvalue weighted by Crippen LogP contribution is -2.17. The molecule has 0 saturated heterocycles. The van der Waals surface area contributed by atoms with Crippen LogP contribution >= 0.6 is 27.3 Å². The van der Waals surface area contributed by atoms with E-state index in [2.05, 4.69) is 15.9 Å². The summed E-state index contributed by atoms with van der Waals surface area (Å²) >= 11 is 4.96. The average molecular weight is 344 g/mol. The molecule has 2 aromatic rings. The molecule has 0 aliphatic heterocycles. The zero-order valence-corrected chi connectivity index (χ0v) is 12.9. The Kier molecular flexibility index (Phi) is 4.96. The second-order valence-corrected chi connectivity index (χ2v) is 6.99. The van der Waals surface area contributed by atoms with E-state index in [4.69, 9.17) is 10.5 Å². The lowest BCUT2D eigenvalue weighted by atomic mass is 10.1. The third-order valence-electron chi connectivity index (χ3n) is 2.55. The number of halogens is 2. The number of nitrogens with two attached hydrogens (primary N) is 1. The fourth-order valence-electron chi connectivity index (χ4n) is 1.74. The molecule has 1 unspecified atom stereocenters. The second-order valence-electron chi connectivity index (χ2n) is 4.44. The summed E-state index contributed by atoms with van der Waals surface area (Å²) in [4.78, 5) is 1.05. The van der Waals surface area contributed by atoms with E-state index in [1.54, 1.807) is 17.4 Å². The van der Waals surface area contributed by atoms with E-state index >= 15 is 0 Å². The maximum Gasteiger partial charge on any atom is 0.165 e. The molecule has 1 heterocycles. The SMILES string of the molecule is CC(N)Cc1ccc(OCc2ccc(Br)s2)c(F)c1. The Labute approximate surface area is 124 Å². The molecule has 0 radical (unpaired) electrons. The Balaban J connectivity index is 2.00. The van der Waals surface area contributed by atoms with Crippen LogP contribution in [0.3, 0.4) is 0 Å². The van der Waals surface area contributed by atoms with Crippen LogP contribution < -0.4 is 10.5 Å². The predicted octanol–water partition coefficient (Wildman–Crippen LogP) is 4.12. The fourth-order valence-corrected chi connectivity index (χ4v) is 3.13. The molecule has 1 atom stereocenters. The van der Waals surface area contributed by atoms with Crippen molar-refractivity contribution in [3.8, 4) is 5.75 Å². The van der Waals surface area contributed by atoms with E-state index in [0.717, 1.165) is 14.2 Å². The van der Waals surface area contributed by atoms with Crippen LogP contribution in [0.15, 0.2) is 34.1 Å². The monoisotopic (exact) mass is 343 g/mol. The molecule has 19 heavy (non-hydrogen) atoms.